The molecule has 0 fully saturated rings. The van der Waals surface area contributed by atoms with Gasteiger partial charge in [0, 0.05) is 17.5 Å². The van der Waals surface area contributed by atoms with Crippen LogP contribution in [0.1, 0.15) is 45.5 Å². The predicted molar refractivity (Wildman–Crippen MR) is 78.4 cm³/mol. The summed E-state index contributed by atoms with van der Waals surface area (Å²) in [6, 6.07) is 0. The molecule has 0 amide bonds. The maximum absolute atomic E-state index is 12.8. The Morgan fingerprint density at radius 3 is 2.14 bits per heavy atom. The molecule has 4 nitrogen and oxygen atoms in total. The molecule has 1 aromatic rings. The Kier molecular flexibility index (Phi) is 5.07. The van der Waals surface area contributed by atoms with Gasteiger partial charge >= 0.3 is 6.18 Å². The van der Waals surface area contributed by atoms with E-state index >= 15 is 0 Å². The fraction of sp³-hybridized carbons (Fsp3) is 0.714. The number of anilines is 2. The molecule has 0 atom stereocenters. The molecule has 120 valence electrons. The first-order chi connectivity index (χ1) is 9.45. The van der Waals surface area contributed by atoms with Crippen LogP contribution in [0.15, 0.2) is 0 Å². The molecule has 0 aliphatic carbocycles. The third-order valence-electron chi connectivity index (χ3n) is 2.99. The number of nitrogens with zero attached hydrogens (tertiary/aromatic N) is 3. The molecule has 0 spiro atoms. The Labute approximate surface area is 123 Å². The standard InChI is InChI=1S/C14H23F3N4/c1-6-7-21(8-14(15,16)17)11-9(2)10(18)19-12(20-11)13(3,4)5/h6-8H2,1-5H3,(H2,18,19,20). The van der Waals surface area contributed by atoms with Gasteiger partial charge in [0.05, 0.1) is 0 Å². The molecule has 1 rings (SSSR count). The molecule has 0 aliphatic rings. The Morgan fingerprint density at radius 1 is 1.14 bits per heavy atom. The molecule has 0 aromatic carbocycles. The van der Waals surface area contributed by atoms with Crippen LogP contribution in [-0.2, 0) is 5.41 Å². The molecule has 21 heavy (non-hydrogen) atoms. The van der Waals surface area contributed by atoms with E-state index in [4.69, 9.17) is 5.73 Å². The molecule has 1 aromatic heterocycles. The SMILES string of the molecule is CCCN(CC(F)(F)F)c1nc(C(C)(C)C)nc(N)c1C. The largest absolute Gasteiger partial charge is 0.405 e. The minimum atomic E-state index is -4.29. The first-order valence-electron chi connectivity index (χ1n) is 6.92. The van der Waals surface area contributed by atoms with E-state index in [1.54, 1.807) is 6.92 Å². The normalized spacial score (nSPS) is 12.6. The van der Waals surface area contributed by atoms with Crippen molar-refractivity contribution in [3.63, 3.8) is 0 Å². The number of hydrogen-bond acceptors (Lipinski definition) is 4. The molecule has 0 radical (unpaired) electrons. The lowest BCUT2D eigenvalue weighted by Gasteiger charge is -2.28. The van der Waals surface area contributed by atoms with Crippen molar-refractivity contribution in [2.45, 2.75) is 52.6 Å². The van der Waals surface area contributed by atoms with Gasteiger partial charge in [-0.25, -0.2) is 9.97 Å². The third-order valence-corrected chi connectivity index (χ3v) is 2.99. The van der Waals surface area contributed by atoms with Gasteiger partial charge in [0.25, 0.3) is 0 Å². The van der Waals surface area contributed by atoms with E-state index < -0.39 is 12.7 Å². The van der Waals surface area contributed by atoms with Crippen molar-refractivity contribution in [1.82, 2.24) is 9.97 Å². The van der Waals surface area contributed by atoms with Crippen molar-refractivity contribution < 1.29 is 13.2 Å². The minimum Gasteiger partial charge on any atom is -0.383 e. The van der Waals surface area contributed by atoms with Gasteiger partial charge < -0.3 is 10.6 Å². The summed E-state index contributed by atoms with van der Waals surface area (Å²) < 4.78 is 38.3. The van der Waals surface area contributed by atoms with E-state index in [-0.39, 0.29) is 23.6 Å². The molecule has 0 bridgehead atoms. The van der Waals surface area contributed by atoms with E-state index in [1.165, 1.54) is 4.90 Å². The molecule has 0 unspecified atom stereocenters. The lowest BCUT2D eigenvalue weighted by atomic mass is 9.95. The zero-order chi connectivity index (χ0) is 16.4. The van der Waals surface area contributed by atoms with Crippen LogP contribution in [0.3, 0.4) is 0 Å². The van der Waals surface area contributed by atoms with Crippen molar-refractivity contribution >= 4 is 11.6 Å². The van der Waals surface area contributed by atoms with E-state index in [2.05, 4.69) is 9.97 Å². The van der Waals surface area contributed by atoms with Crippen LogP contribution < -0.4 is 10.6 Å². The van der Waals surface area contributed by atoms with Crippen molar-refractivity contribution in [2.75, 3.05) is 23.7 Å². The summed E-state index contributed by atoms with van der Waals surface area (Å²) in [5, 5.41) is 0. The molecule has 0 saturated heterocycles. The van der Waals surface area contributed by atoms with Gasteiger partial charge in [-0.1, -0.05) is 27.7 Å². The molecular weight excluding hydrogens is 281 g/mol. The highest BCUT2D eigenvalue weighted by molar-refractivity contribution is 5.57. The van der Waals surface area contributed by atoms with Crippen LogP contribution in [-0.4, -0.2) is 29.2 Å². The summed E-state index contributed by atoms with van der Waals surface area (Å²) >= 11 is 0. The lowest BCUT2D eigenvalue weighted by Crippen LogP contribution is -2.36. The van der Waals surface area contributed by atoms with Gasteiger partial charge in [0.1, 0.15) is 24.0 Å². The molecule has 1 heterocycles. The highest BCUT2D eigenvalue weighted by Gasteiger charge is 2.32. The first kappa shape index (κ1) is 17.5. The second kappa shape index (κ2) is 6.07. The molecule has 0 saturated carbocycles. The summed E-state index contributed by atoms with van der Waals surface area (Å²) in [7, 11) is 0. The molecular formula is C14H23F3N4. The number of nitrogen functional groups attached to an aromatic ring is 1. The summed E-state index contributed by atoms with van der Waals surface area (Å²) in [5.41, 5.74) is 5.96. The second-order valence-corrected chi connectivity index (χ2v) is 6.17. The van der Waals surface area contributed by atoms with Gasteiger partial charge in [-0.2, -0.15) is 13.2 Å². The van der Waals surface area contributed by atoms with Crippen LogP contribution in [0.2, 0.25) is 0 Å². The summed E-state index contributed by atoms with van der Waals surface area (Å²) in [6.07, 6.45) is -3.70. The maximum atomic E-state index is 12.8. The summed E-state index contributed by atoms with van der Waals surface area (Å²) in [6.45, 7) is 8.39. The van der Waals surface area contributed by atoms with E-state index in [9.17, 15) is 13.2 Å². The van der Waals surface area contributed by atoms with Crippen molar-refractivity contribution in [3.05, 3.63) is 11.4 Å². The lowest BCUT2D eigenvalue weighted by molar-refractivity contribution is -0.119. The second-order valence-electron chi connectivity index (χ2n) is 6.17. The molecule has 7 heteroatoms. The van der Waals surface area contributed by atoms with Crippen LogP contribution in [0.25, 0.3) is 0 Å². The number of rotatable bonds is 4. The Bertz CT molecular complexity index is 492. The van der Waals surface area contributed by atoms with Gasteiger partial charge in [-0.15, -0.1) is 0 Å². The Balaban J connectivity index is 3.33. The maximum Gasteiger partial charge on any atom is 0.405 e. The van der Waals surface area contributed by atoms with Crippen LogP contribution in [0, 0.1) is 6.92 Å². The molecule has 2 N–H and O–H groups in total. The van der Waals surface area contributed by atoms with Crippen molar-refractivity contribution in [3.8, 4) is 0 Å². The number of alkyl halides is 3. The number of halogens is 3. The zero-order valence-electron chi connectivity index (χ0n) is 13.2. The predicted octanol–water partition coefficient (Wildman–Crippen LogP) is 3.44. The van der Waals surface area contributed by atoms with E-state index in [0.717, 1.165) is 0 Å². The third kappa shape index (κ3) is 4.75. The van der Waals surface area contributed by atoms with Crippen LogP contribution in [0.4, 0.5) is 24.8 Å². The first-order valence-corrected chi connectivity index (χ1v) is 6.92. The highest BCUT2D eigenvalue weighted by atomic mass is 19.4. The smallest absolute Gasteiger partial charge is 0.383 e. The van der Waals surface area contributed by atoms with Crippen molar-refractivity contribution in [1.29, 1.82) is 0 Å². The van der Waals surface area contributed by atoms with Gasteiger partial charge in [-0.05, 0) is 13.3 Å². The summed E-state index contributed by atoms with van der Waals surface area (Å²) in [5.74, 6) is 0.948. The summed E-state index contributed by atoms with van der Waals surface area (Å²) in [4.78, 5) is 9.77. The van der Waals surface area contributed by atoms with E-state index in [1.807, 2.05) is 27.7 Å². The quantitative estimate of drug-likeness (QED) is 0.925. The van der Waals surface area contributed by atoms with Crippen LogP contribution in [0.5, 0.6) is 0 Å². The van der Waals surface area contributed by atoms with Gasteiger partial charge in [-0.3, -0.25) is 0 Å². The highest BCUT2D eigenvalue weighted by Crippen LogP contribution is 2.29. The van der Waals surface area contributed by atoms with Crippen LogP contribution >= 0.6 is 0 Å². The number of hydrogen-bond donors (Lipinski definition) is 1. The fourth-order valence-corrected chi connectivity index (χ4v) is 1.91. The zero-order valence-corrected chi connectivity index (χ0v) is 13.2. The van der Waals surface area contributed by atoms with Gasteiger partial charge in [0.2, 0.25) is 0 Å². The Hall–Kier alpha value is -1.53. The number of aromatic nitrogens is 2. The average Bonchev–Trinajstić information content (AvgIpc) is 2.28. The topological polar surface area (TPSA) is 55.0 Å². The van der Waals surface area contributed by atoms with Gasteiger partial charge in [0.15, 0.2) is 0 Å². The van der Waals surface area contributed by atoms with E-state index in [0.29, 0.717) is 17.8 Å². The fourth-order valence-electron chi connectivity index (χ4n) is 1.91. The monoisotopic (exact) mass is 304 g/mol. The number of nitrogens with two attached hydrogens (primary N) is 1. The van der Waals surface area contributed by atoms with Crippen molar-refractivity contribution in [2.24, 2.45) is 0 Å². The average molecular weight is 304 g/mol. The minimum absolute atomic E-state index is 0.230. The Morgan fingerprint density at radius 2 is 1.71 bits per heavy atom. The molecule has 0 aliphatic heterocycles.